The number of ether oxygens (including phenoxy) is 1. The van der Waals surface area contributed by atoms with Gasteiger partial charge in [0.2, 0.25) is 5.91 Å². The maximum atomic E-state index is 12.3. The summed E-state index contributed by atoms with van der Waals surface area (Å²) in [6.45, 7) is 6.30. The monoisotopic (exact) mass is 312 g/mol. The van der Waals surface area contributed by atoms with Crippen LogP contribution in [-0.2, 0) is 11.2 Å². The van der Waals surface area contributed by atoms with Crippen molar-refractivity contribution in [2.45, 2.75) is 32.8 Å². The first kappa shape index (κ1) is 17.8. The second kappa shape index (κ2) is 8.25. The number of carbonyl (C=O) groups excluding carboxylic acids is 1. The van der Waals surface area contributed by atoms with Crippen LogP contribution in [0.1, 0.15) is 25.8 Å². The molecular weight excluding hydrogens is 288 g/mol. The summed E-state index contributed by atoms with van der Waals surface area (Å²) in [5.41, 5.74) is 6.66. The van der Waals surface area contributed by atoms with Crippen LogP contribution in [0.5, 0.6) is 5.75 Å². The zero-order valence-electron chi connectivity index (χ0n) is 12.7. The summed E-state index contributed by atoms with van der Waals surface area (Å²) < 4.78 is 5.65. The zero-order chi connectivity index (χ0) is 14.5. The van der Waals surface area contributed by atoms with Gasteiger partial charge in [0.25, 0.3) is 0 Å². The first-order valence-corrected chi connectivity index (χ1v) is 7.32. The summed E-state index contributed by atoms with van der Waals surface area (Å²) in [5.74, 6) is 1.48. The first-order chi connectivity index (χ1) is 9.58. The maximum Gasteiger partial charge on any atom is 0.227 e. The Labute approximate surface area is 133 Å². The van der Waals surface area contributed by atoms with E-state index in [0.717, 1.165) is 30.8 Å². The number of benzene rings is 1. The Morgan fingerprint density at radius 2 is 2.24 bits per heavy atom. The number of hydrogen-bond acceptors (Lipinski definition) is 3. The van der Waals surface area contributed by atoms with Crippen molar-refractivity contribution in [3.05, 3.63) is 29.8 Å². The molecule has 1 aromatic rings. The number of amides is 1. The Bertz CT molecular complexity index is 465. The minimum absolute atomic E-state index is 0. The molecular formula is C16H25ClN2O2. The molecule has 1 aromatic carbocycles. The Morgan fingerprint density at radius 3 is 2.86 bits per heavy atom. The van der Waals surface area contributed by atoms with Crippen molar-refractivity contribution in [2.75, 3.05) is 19.6 Å². The van der Waals surface area contributed by atoms with E-state index in [2.05, 4.69) is 0 Å². The van der Waals surface area contributed by atoms with E-state index in [1.165, 1.54) is 0 Å². The molecule has 0 saturated carbocycles. The predicted molar refractivity (Wildman–Crippen MR) is 86.9 cm³/mol. The molecule has 2 N–H and O–H groups in total. The van der Waals surface area contributed by atoms with Crippen molar-refractivity contribution in [1.82, 2.24) is 4.90 Å². The van der Waals surface area contributed by atoms with E-state index in [-0.39, 0.29) is 24.4 Å². The zero-order valence-corrected chi connectivity index (χ0v) is 13.6. The summed E-state index contributed by atoms with van der Waals surface area (Å²) in [6, 6.07) is 7.79. The summed E-state index contributed by atoms with van der Waals surface area (Å²) in [4.78, 5) is 14.2. The van der Waals surface area contributed by atoms with Crippen LogP contribution in [0.25, 0.3) is 0 Å². The highest BCUT2D eigenvalue weighted by molar-refractivity contribution is 5.85. The van der Waals surface area contributed by atoms with Gasteiger partial charge in [-0.1, -0.05) is 12.1 Å². The van der Waals surface area contributed by atoms with E-state index in [0.29, 0.717) is 18.9 Å². The quantitative estimate of drug-likeness (QED) is 0.907. The molecule has 21 heavy (non-hydrogen) atoms. The first-order valence-electron chi connectivity index (χ1n) is 7.32. The van der Waals surface area contributed by atoms with Crippen LogP contribution in [0.2, 0.25) is 0 Å². The molecule has 5 heteroatoms. The highest BCUT2D eigenvalue weighted by Gasteiger charge is 2.25. The summed E-state index contributed by atoms with van der Waals surface area (Å²) >= 11 is 0. The second-order valence-electron chi connectivity index (χ2n) is 5.72. The lowest BCUT2D eigenvalue weighted by Crippen LogP contribution is -2.31. The second-order valence-corrected chi connectivity index (χ2v) is 5.72. The van der Waals surface area contributed by atoms with Crippen molar-refractivity contribution in [3.63, 3.8) is 0 Å². The average molecular weight is 313 g/mol. The molecule has 1 atom stereocenters. The number of rotatable bonds is 5. The largest absolute Gasteiger partial charge is 0.491 e. The topological polar surface area (TPSA) is 55.6 Å². The molecule has 118 valence electrons. The molecule has 0 spiro atoms. The smallest absolute Gasteiger partial charge is 0.227 e. The minimum Gasteiger partial charge on any atom is -0.491 e. The van der Waals surface area contributed by atoms with Crippen LogP contribution >= 0.6 is 12.4 Å². The molecule has 1 aliphatic rings. The number of nitrogens with zero attached hydrogens (tertiary/aromatic N) is 1. The van der Waals surface area contributed by atoms with Gasteiger partial charge in [0.1, 0.15) is 5.75 Å². The average Bonchev–Trinajstić information content (AvgIpc) is 2.87. The summed E-state index contributed by atoms with van der Waals surface area (Å²) in [7, 11) is 0. The number of likely N-dealkylation sites (tertiary alicyclic amines) is 1. The summed E-state index contributed by atoms with van der Waals surface area (Å²) in [6.07, 6.45) is 1.61. The van der Waals surface area contributed by atoms with Crippen LogP contribution in [0.15, 0.2) is 24.3 Å². The Morgan fingerprint density at radius 1 is 1.48 bits per heavy atom. The number of nitrogens with two attached hydrogens (primary N) is 1. The van der Waals surface area contributed by atoms with E-state index < -0.39 is 0 Å². The van der Waals surface area contributed by atoms with Crippen molar-refractivity contribution < 1.29 is 9.53 Å². The van der Waals surface area contributed by atoms with E-state index in [1.54, 1.807) is 0 Å². The van der Waals surface area contributed by atoms with Gasteiger partial charge in [-0.05, 0) is 50.4 Å². The van der Waals surface area contributed by atoms with Crippen LogP contribution in [-0.4, -0.2) is 36.5 Å². The molecule has 1 aliphatic heterocycles. The molecule has 1 amide bonds. The fraction of sp³-hybridized carbons (Fsp3) is 0.562. The van der Waals surface area contributed by atoms with Crippen molar-refractivity contribution in [1.29, 1.82) is 0 Å². The van der Waals surface area contributed by atoms with Gasteiger partial charge in [-0.15, -0.1) is 12.4 Å². The third-order valence-electron chi connectivity index (χ3n) is 3.60. The molecule has 4 nitrogen and oxygen atoms in total. The van der Waals surface area contributed by atoms with Crippen molar-refractivity contribution in [3.8, 4) is 5.75 Å². The van der Waals surface area contributed by atoms with E-state index in [1.807, 2.05) is 43.0 Å². The van der Waals surface area contributed by atoms with Crippen LogP contribution in [0, 0.1) is 5.92 Å². The molecule has 0 radical (unpaired) electrons. The van der Waals surface area contributed by atoms with Crippen molar-refractivity contribution >= 4 is 18.3 Å². The molecule has 0 aliphatic carbocycles. The van der Waals surface area contributed by atoms with Gasteiger partial charge < -0.3 is 15.4 Å². The number of carbonyl (C=O) groups is 1. The van der Waals surface area contributed by atoms with Gasteiger partial charge in [-0.2, -0.15) is 0 Å². The molecule has 1 saturated heterocycles. The Kier molecular flexibility index (Phi) is 6.99. The fourth-order valence-corrected chi connectivity index (χ4v) is 2.54. The molecule has 0 aromatic heterocycles. The standard InChI is InChI=1S/C16H24N2O2.ClH/c1-12(2)20-15-5-3-4-13(8-15)9-16(19)18-7-6-14(10-17)11-18;/h3-5,8,12,14H,6-7,9-11,17H2,1-2H3;1H. The SMILES string of the molecule is CC(C)Oc1cccc(CC(=O)N2CCC(CN)C2)c1.Cl. The van der Waals surface area contributed by atoms with E-state index in [9.17, 15) is 4.79 Å². The Hall–Kier alpha value is -1.26. The highest BCUT2D eigenvalue weighted by Crippen LogP contribution is 2.19. The lowest BCUT2D eigenvalue weighted by atomic mass is 10.1. The van der Waals surface area contributed by atoms with Gasteiger partial charge in [0.15, 0.2) is 0 Å². The predicted octanol–water partition coefficient (Wildman–Crippen LogP) is 2.25. The van der Waals surface area contributed by atoms with Crippen LogP contribution < -0.4 is 10.5 Å². The van der Waals surface area contributed by atoms with Gasteiger partial charge in [0.05, 0.1) is 12.5 Å². The Balaban J connectivity index is 0.00000220. The van der Waals surface area contributed by atoms with Crippen molar-refractivity contribution in [2.24, 2.45) is 11.7 Å². The summed E-state index contributed by atoms with van der Waals surface area (Å²) in [5, 5.41) is 0. The van der Waals surface area contributed by atoms with E-state index in [4.69, 9.17) is 10.5 Å². The normalized spacial score (nSPS) is 17.7. The van der Waals surface area contributed by atoms with Gasteiger partial charge in [-0.25, -0.2) is 0 Å². The molecule has 1 unspecified atom stereocenters. The van der Waals surface area contributed by atoms with Crippen LogP contribution in [0.4, 0.5) is 0 Å². The maximum absolute atomic E-state index is 12.3. The number of hydrogen-bond donors (Lipinski definition) is 1. The van der Waals surface area contributed by atoms with Gasteiger partial charge >= 0.3 is 0 Å². The number of halogens is 1. The lowest BCUT2D eigenvalue weighted by Gasteiger charge is -2.17. The van der Waals surface area contributed by atoms with Crippen LogP contribution in [0.3, 0.4) is 0 Å². The van der Waals surface area contributed by atoms with E-state index >= 15 is 0 Å². The molecule has 1 heterocycles. The molecule has 1 fully saturated rings. The highest BCUT2D eigenvalue weighted by atomic mass is 35.5. The molecule has 2 rings (SSSR count). The fourth-order valence-electron chi connectivity index (χ4n) is 2.54. The van der Waals surface area contributed by atoms with Gasteiger partial charge in [-0.3, -0.25) is 4.79 Å². The lowest BCUT2D eigenvalue weighted by molar-refractivity contribution is -0.129. The third-order valence-corrected chi connectivity index (χ3v) is 3.60. The minimum atomic E-state index is 0. The third kappa shape index (κ3) is 5.21. The van der Waals surface area contributed by atoms with Gasteiger partial charge in [0, 0.05) is 13.1 Å². The molecule has 0 bridgehead atoms.